The normalized spacial score (nSPS) is 17.9. The van der Waals surface area contributed by atoms with Crippen LogP contribution in [0.3, 0.4) is 0 Å². The number of allylic oxidation sites excluding steroid dienone is 3. The molecule has 1 aliphatic carbocycles. The number of sulfonamides is 1. The predicted molar refractivity (Wildman–Crippen MR) is 120 cm³/mol. The molecule has 2 aromatic rings. The highest BCUT2D eigenvalue weighted by Crippen LogP contribution is 2.36. The van der Waals surface area contributed by atoms with Gasteiger partial charge in [0, 0.05) is 30.6 Å². The van der Waals surface area contributed by atoms with Crippen molar-refractivity contribution >= 4 is 37.5 Å². The molecule has 0 amide bonds. The standard InChI is InChI=1S/C22H28N2O4S2/c1-3-28-21(25)15-24-16(2)19(18-10-13-29-22(18)24)14-17-8-4-5-9-20(17)30(26,27)23-11-6-7-12-23/h8-10,13H,3-7,11-12,14-15H2,1-2H3. The number of fused-ring (bicyclic) bond motifs is 1. The van der Waals surface area contributed by atoms with Gasteiger partial charge in [-0.15, -0.1) is 11.3 Å². The number of esters is 1. The van der Waals surface area contributed by atoms with Gasteiger partial charge in [0.15, 0.2) is 0 Å². The summed E-state index contributed by atoms with van der Waals surface area (Å²) in [5.74, 6) is -0.258. The molecule has 2 aliphatic rings. The summed E-state index contributed by atoms with van der Waals surface area (Å²) in [5, 5.41) is 3.11. The Hall–Kier alpha value is -1.90. The second kappa shape index (κ2) is 8.69. The average molecular weight is 449 g/mol. The average Bonchev–Trinajstić information content (AvgIpc) is 3.46. The maximum atomic E-state index is 13.3. The molecule has 3 heterocycles. The molecule has 0 unspecified atom stereocenters. The molecule has 0 spiro atoms. The Labute approximate surface area is 181 Å². The van der Waals surface area contributed by atoms with Crippen LogP contribution in [-0.2, 0) is 32.5 Å². The van der Waals surface area contributed by atoms with E-state index >= 15 is 0 Å². The minimum absolute atomic E-state index is 0.171. The predicted octanol–water partition coefficient (Wildman–Crippen LogP) is 4.15. The number of ether oxygens (including phenoxy) is 1. The maximum Gasteiger partial charge on any atom is 0.325 e. The van der Waals surface area contributed by atoms with Crippen LogP contribution in [0.15, 0.2) is 34.1 Å². The van der Waals surface area contributed by atoms with Crippen LogP contribution < -0.4 is 0 Å². The number of carbonyl (C=O) groups excluding carboxylic acids is 1. The number of thiophene rings is 1. The van der Waals surface area contributed by atoms with Crippen LogP contribution in [0.1, 0.15) is 43.9 Å². The zero-order valence-corrected chi connectivity index (χ0v) is 19.2. The molecule has 1 saturated heterocycles. The Morgan fingerprint density at radius 2 is 1.93 bits per heavy atom. The molecule has 2 aromatic heterocycles. The monoisotopic (exact) mass is 448 g/mol. The van der Waals surface area contributed by atoms with Crippen molar-refractivity contribution in [2.45, 2.75) is 52.5 Å². The second-order valence-corrected chi connectivity index (χ2v) is 10.6. The van der Waals surface area contributed by atoms with Crippen LogP contribution in [0.25, 0.3) is 10.2 Å². The Bertz CT molecular complexity index is 1120. The van der Waals surface area contributed by atoms with Gasteiger partial charge in [-0.25, -0.2) is 8.42 Å². The van der Waals surface area contributed by atoms with Crippen molar-refractivity contribution in [3.8, 4) is 0 Å². The highest BCUT2D eigenvalue weighted by Gasteiger charge is 2.32. The summed E-state index contributed by atoms with van der Waals surface area (Å²) >= 11 is 1.59. The number of hydrogen-bond donors (Lipinski definition) is 0. The van der Waals surface area contributed by atoms with E-state index in [9.17, 15) is 13.2 Å². The van der Waals surface area contributed by atoms with Crippen molar-refractivity contribution in [3.05, 3.63) is 45.3 Å². The van der Waals surface area contributed by atoms with Crippen LogP contribution >= 0.6 is 11.3 Å². The third-order valence-corrected chi connectivity index (χ3v) is 8.87. The molecular weight excluding hydrogens is 420 g/mol. The molecule has 0 bridgehead atoms. The molecule has 0 N–H and O–H groups in total. The highest BCUT2D eigenvalue weighted by molar-refractivity contribution is 7.93. The number of hydrogen-bond acceptors (Lipinski definition) is 5. The lowest BCUT2D eigenvalue weighted by Gasteiger charge is -2.22. The van der Waals surface area contributed by atoms with E-state index < -0.39 is 10.0 Å². The van der Waals surface area contributed by atoms with E-state index in [0.29, 0.717) is 31.0 Å². The van der Waals surface area contributed by atoms with E-state index in [1.807, 2.05) is 22.9 Å². The zero-order chi connectivity index (χ0) is 21.3. The Morgan fingerprint density at radius 1 is 1.20 bits per heavy atom. The topological polar surface area (TPSA) is 68.6 Å². The SMILES string of the molecule is CCOC(=O)Cn1c(C)c(CC2=CCCC=C2S(=O)(=O)N2CCCC2)c2ccsc21. The van der Waals surface area contributed by atoms with Gasteiger partial charge in [0.05, 0.1) is 11.5 Å². The molecule has 162 valence electrons. The van der Waals surface area contributed by atoms with E-state index in [1.54, 1.807) is 22.6 Å². The van der Waals surface area contributed by atoms with Crippen LogP contribution in [0.4, 0.5) is 0 Å². The maximum absolute atomic E-state index is 13.3. The van der Waals surface area contributed by atoms with Gasteiger partial charge < -0.3 is 9.30 Å². The van der Waals surface area contributed by atoms with Gasteiger partial charge in [0.1, 0.15) is 11.4 Å². The number of rotatable bonds is 7. The van der Waals surface area contributed by atoms with Gasteiger partial charge in [-0.2, -0.15) is 4.31 Å². The zero-order valence-electron chi connectivity index (χ0n) is 17.5. The number of carbonyl (C=O) groups is 1. The summed E-state index contributed by atoms with van der Waals surface area (Å²) < 4.78 is 35.3. The first-order chi connectivity index (χ1) is 14.4. The third kappa shape index (κ3) is 3.88. The fourth-order valence-electron chi connectivity index (χ4n) is 4.39. The summed E-state index contributed by atoms with van der Waals surface area (Å²) in [6, 6.07) is 2.06. The van der Waals surface area contributed by atoms with Crippen LogP contribution in [0, 0.1) is 6.92 Å². The third-order valence-electron chi connectivity index (χ3n) is 5.90. The number of aromatic nitrogens is 1. The highest BCUT2D eigenvalue weighted by atomic mass is 32.2. The van der Waals surface area contributed by atoms with Crippen molar-refractivity contribution < 1.29 is 17.9 Å². The van der Waals surface area contributed by atoms with Crippen molar-refractivity contribution in [3.63, 3.8) is 0 Å². The van der Waals surface area contributed by atoms with Crippen molar-refractivity contribution in [2.24, 2.45) is 0 Å². The Kier molecular flexibility index (Phi) is 6.18. The Balaban J connectivity index is 1.67. The molecule has 8 heteroatoms. The minimum atomic E-state index is -3.46. The molecule has 6 nitrogen and oxygen atoms in total. The Morgan fingerprint density at radius 3 is 2.67 bits per heavy atom. The van der Waals surface area contributed by atoms with Gasteiger partial charge >= 0.3 is 5.97 Å². The summed E-state index contributed by atoms with van der Waals surface area (Å²) in [4.78, 5) is 13.6. The second-order valence-electron chi connectivity index (χ2n) is 7.76. The van der Waals surface area contributed by atoms with E-state index in [2.05, 4.69) is 12.1 Å². The molecule has 0 radical (unpaired) electrons. The first kappa shape index (κ1) is 21.3. The molecule has 0 atom stereocenters. The smallest absolute Gasteiger partial charge is 0.325 e. The lowest BCUT2D eigenvalue weighted by Crippen LogP contribution is -2.30. The van der Waals surface area contributed by atoms with E-state index in [4.69, 9.17) is 4.74 Å². The minimum Gasteiger partial charge on any atom is -0.465 e. The van der Waals surface area contributed by atoms with E-state index in [-0.39, 0.29) is 12.5 Å². The molecule has 1 fully saturated rings. The van der Waals surface area contributed by atoms with Crippen molar-refractivity contribution in [1.82, 2.24) is 8.87 Å². The summed E-state index contributed by atoms with van der Waals surface area (Å²) in [6.45, 7) is 5.55. The van der Waals surface area contributed by atoms with Crippen LogP contribution in [0.5, 0.6) is 0 Å². The van der Waals surface area contributed by atoms with Crippen molar-refractivity contribution in [1.29, 1.82) is 0 Å². The van der Waals surface area contributed by atoms with Crippen LogP contribution in [0.2, 0.25) is 0 Å². The quantitative estimate of drug-likeness (QED) is 0.597. The largest absolute Gasteiger partial charge is 0.465 e. The fourth-order valence-corrected chi connectivity index (χ4v) is 7.20. The molecule has 0 aromatic carbocycles. The van der Waals surface area contributed by atoms with E-state index in [1.165, 1.54) is 0 Å². The first-order valence-electron chi connectivity index (χ1n) is 10.5. The van der Waals surface area contributed by atoms with Gasteiger partial charge in [-0.3, -0.25) is 4.79 Å². The van der Waals surface area contributed by atoms with Gasteiger partial charge in [-0.1, -0.05) is 12.2 Å². The van der Waals surface area contributed by atoms with Crippen molar-refractivity contribution in [2.75, 3.05) is 19.7 Å². The number of nitrogens with zero attached hydrogens (tertiary/aromatic N) is 2. The first-order valence-corrected chi connectivity index (χ1v) is 12.9. The van der Waals surface area contributed by atoms with Gasteiger partial charge in [0.2, 0.25) is 10.0 Å². The van der Waals surface area contributed by atoms with Gasteiger partial charge in [0.25, 0.3) is 0 Å². The summed E-state index contributed by atoms with van der Waals surface area (Å²) in [5.41, 5.74) is 2.96. The molecule has 0 saturated carbocycles. The lowest BCUT2D eigenvalue weighted by atomic mass is 9.98. The molecule has 30 heavy (non-hydrogen) atoms. The van der Waals surface area contributed by atoms with Gasteiger partial charge in [-0.05, 0) is 62.1 Å². The lowest BCUT2D eigenvalue weighted by molar-refractivity contribution is -0.143. The summed E-state index contributed by atoms with van der Waals surface area (Å²) in [6.07, 6.45) is 7.97. The molecule has 1 aliphatic heterocycles. The molecular formula is C22H28N2O4S2. The van der Waals surface area contributed by atoms with E-state index in [0.717, 1.165) is 52.7 Å². The van der Waals surface area contributed by atoms with Crippen LogP contribution in [-0.4, -0.2) is 43.0 Å². The molecule has 4 rings (SSSR count). The summed E-state index contributed by atoms with van der Waals surface area (Å²) in [7, 11) is -3.46. The fraction of sp³-hybridized carbons (Fsp3) is 0.500.